The highest BCUT2D eigenvalue weighted by Gasteiger charge is 2.31. The van der Waals surface area contributed by atoms with Gasteiger partial charge in [0.05, 0.1) is 18.8 Å². The van der Waals surface area contributed by atoms with E-state index in [1.54, 1.807) is 24.5 Å². The topological polar surface area (TPSA) is 69.0 Å². The molecular formula is C16H20N4O2. The van der Waals surface area contributed by atoms with E-state index in [0.717, 1.165) is 0 Å². The van der Waals surface area contributed by atoms with Gasteiger partial charge in [-0.3, -0.25) is 4.79 Å². The van der Waals surface area contributed by atoms with Crippen molar-refractivity contribution in [1.82, 2.24) is 14.8 Å². The molecule has 0 aromatic carbocycles. The zero-order valence-electron chi connectivity index (χ0n) is 12.8. The van der Waals surface area contributed by atoms with Gasteiger partial charge in [-0.1, -0.05) is 0 Å². The van der Waals surface area contributed by atoms with Crippen LogP contribution in [0.4, 0.5) is 5.82 Å². The Morgan fingerprint density at radius 2 is 2.27 bits per heavy atom. The van der Waals surface area contributed by atoms with Gasteiger partial charge in [0.15, 0.2) is 0 Å². The second kappa shape index (κ2) is 6.17. The van der Waals surface area contributed by atoms with Gasteiger partial charge in [0.25, 0.3) is 5.91 Å². The number of hydrogen-bond acceptors (Lipinski definition) is 4. The second-order valence-corrected chi connectivity index (χ2v) is 5.48. The normalized spacial score (nSPS) is 15.4. The van der Waals surface area contributed by atoms with E-state index in [9.17, 15) is 4.79 Å². The van der Waals surface area contributed by atoms with Crippen molar-refractivity contribution in [3.8, 4) is 5.88 Å². The predicted molar refractivity (Wildman–Crippen MR) is 83.0 cm³/mol. The van der Waals surface area contributed by atoms with Crippen molar-refractivity contribution in [1.29, 1.82) is 0 Å². The molecule has 1 N–H and O–H groups in total. The zero-order chi connectivity index (χ0) is 15.5. The van der Waals surface area contributed by atoms with E-state index in [4.69, 9.17) is 4.74 Å². The van der Waals surface area contributed by atoms with Crippen LogP contribution in [-0.2, 0) is 0 Å². The molecule has 22 heavy (non-hydrogen) atoms. The molecule has 6 nitrogen and oxygen atoms in total. The summed E-state index contributed by atoms with van der Waals surface area (Å²) in [4.78, 5) is 16.6. The fraction of sp³-hybridized carbons (Fsp3) is 0.438. The molecule has 0 aliphatic heterocycles. The number of rotatable bonds is 6. The number of ether oxygens (including phenoxy) is 1. The summed E-state index contributed by atoms with van der Waals surface area (Å²) in [6.07, 6.45) is 5.78. The average molecular weight is 300 g/mol. The highest BCUT2D eigenvalue weighted by atomic mass is 16.5. The van der Waals surface area contributed by atoms with Crippen LogP contribution in [0.1, 0.15) is 43.1 Å². The van der Waals surface area contributed by atoms with Crippen molar-refractivity contribution in [2.75, 3.05) is 11.9 Å². The highest BCUT2D eigenvalue weighted by Crippen LogP contribution is 2.40. The monoisotopic (exact) mass is 300 g/mol. The molecule has 1 atom stereocenters. The number of nitrogens with one attached hydrogen (secondary N) is 1. The fourth-order valence-electron chi connectivity index (χ4n) is 2.52. The zero-order valence-corrected chi connectivity index (χ0v) is 12.8. The molecule has 1 aliphatic rings. The van der Waals surface area contributed by atoms with Gasteiger partial charge in [0.2, 0.25) is 5.88 Å². The molecule has 2 heterocycles. The van der Waals surface area contributed by atoms with Gasteiger partial charge in [-0.2, -0.15) is 5.10 Å². The maximum atomic E-state index is 12.5. The van der Waals surface area contributed by atoms with Gasteiger partial charge in [-0.15, -0.1) is 0 Å². The third-order valence-electron chi connectivity index (χ3n) is 3.90. The first-order valence-corrected chi connectivity index (χ1v) is 7.63. The Balaban J connectivity index is 1.79. The molecule has 0 bridgehead atoms. The van der Waals surface area contributed by atoms with E-state index < -0.39 is 0 Å². The number of anilines is 1. The Kier molecular flexibility index (Phi) is 4.09. The van der Waals surface area contributed by atoms with Crippen LogP contribution in [0, 0.1) is 5.92 Å². The molecular weight excluding hydrogens is 280 g/mol. The Morgan fingerprint density at radius 3 is 3.00 bits per heavy atom. The summed E-state index contributed by atoms with van der Waals surface area (Å²) in [7, 11) is 0. The van der Waals surface area contributed by atoms with E-state index in [1.807, 2.05) is 17.7 Å². The standard InChI is InChI=1S/C16H20N4O2/c1-3-22-16-13(5-4-9-17-16)15(21)19-14-8-10-18-20(14)11(2)12-6-7-12/h4-5,8-12H,3,6-7H2,1-2H3,(H,19,21)/t11-/m0/s1. The first-order chi connectivity index (χ1) is 10.7. The second-order valence-electron chi connectivity index (χ2n) is 5.48. The fourth-order valence-corrected chi connectivity index (χ4v) is 2.52. The van der Waals surface area contributed by atoms with E-state index >= 15 is 0 Å². The molecule has 0 saturated heterocycles. The van der Waals surface area contributed by atoms with Crippen LogP contribution < -0.4 is 10.1 Å². The summed E-state index contributed by atoms with van der Waals surface area (Å²) in [6.45, 7) is 4.46. The summed E-state index contributed by atoms with van der Waals surface area (Å²) < 4.78 is 7.29. The minimum absolute atomic E-state index is 0.235. The molecule has 1 aliphatic carbocycles. The molecule has 1 amide bonds. The number of pyridine rings is 1. The SMILES string of the molecule is CCOc1ncccc1C(=O)Nc1ccnn1[C@@H](C)C1CC1. The Bertz CT molecular complexity index is 664. The quantitative estimate of drug-likeness (QED) is 0.890. The summed E-state index contributed by atoms with van der Waals surface area (Å²) in [5, 5.41) is 7.25. The van der Waals surface area contributed by atoms with Gasteiger partial charge < -0.3 is 10.1 Å². The van der Waals surface area contributed by atoms with E-state index in [2.05, 4.69) is 22.3 Å². The Morgan fingerprint density at radius 1 is 1.45 bits per heavy atom. The van der Waals surface area contributed by atoms with Gasteiger partial charge in [-0.25, -0.2) is 9.67 Å². The van der Waals surface area contributed by atoms with Gasteiger partial charge in [0.1, 0.15) is 11.4 Å². The van der Waals surface area contributed by atoms with Crippen LogP contribution in [0.15, 0.2) is 30.6 Å². The lowest BCUT2D eigenvalue weighted by atomic mass is 10.2. The number of carbonyl (C=O) groups is 1. The molecule has 2 aromatic heterocycles. The van der Waals surface area contributed by atoms with Gasteiger partial charge >= 0.3 is 0 Å². The van der Waals surface area contributed by atoms with E-state index in [0.29, 0.717) is 35.8 Å². The first-order valence-electron chi connectivity index (χ1n) is 7.63. The number of amides is 1. The van der Waals surface area contributed by atoms with E-state index in [-0.39, 0.29) is 5.91 Å². The lowest BCUT2D eigenvalue weighted by Gasteiger charge is -2.15. The molecule has 0 spiro atoms. The minimum atomic E-state index is -0.235. The molecule has 1 saturated carbocycles. The van der Waals surface area contributed by atoms with Crippen LogP contribution in [0.5, 0.6) is 5.88 Å². The molecule has 6 heteroatoms. The summed E-state index contributed by atoms with van der Waals surface area (Å²) >= 11 is 0. The van der Waals surface area contributed by atoms with Crippen LogP contribution in [0.25, 0.3) is 0 Å². The van der Waals surface area contributed by atoms with E-state index in [1.165, 1.54) is 12.8 Å². The first kappa shape index (κ1) is 14.6. The maximum Gasteiger partial charge on any atom is 0.262 e. The van der Waals surface area contributed by atoms with Crippen LogP contribution in [0.3, 0.4) is 0 Å². The molecule has 0 radical (unpaired) electrons. The Labute approximate surface area is 129 Å². The maximum absolute atomic E-state index is 12.5. The third-order valence-corrected chi connectivity index (χ3v) is 3.90. The van der Waals surface area contributed by atoms with Crippen molar-refractivity contribution in [2.45, 2.75) is 32.7 Å². The number of carbonyl (C=O) groups excluding carboxylic acids is 1. The van der Waals surface area contributed by atoms with Crippen LogP contribution >= 0.6 is 0 Å². The van der Waals surface area contributed by atoms with Crippen molar-refractivity contribution in [3.63, 3.8) is 0 Å². The third kappa shape index (κ3) is 2.95. The van der Waals surface area contributed by atoms with Crippen molar-refractivity contribution < 1.29 is 9.53 Å². The molecule has 3 rings (SSSR count). The van der Waals surface area contributed by atoms with Gasteiger partial charge in [-0.05, 0) is 44.7 Å². The summed E-state index contributed by atoms with van der Waals surface area (Å²) in [5.41, 5.74) is 0.427. The van der Waals surface area contributed by atoms with Crippen LogP contribution in [0.2, 0.25) is 0 Å². The predicted octanol–water partition coefficient (Wildman–Crippen LogP) is 2.90. The van der Waals surface area contributed by atoms with Gasteiger partial charge in [0, 0.05) is 12.3 Å². The van der Waals surface area contributed by atoms with Crippen molar-refractivity contribution in [3.05, 3.63) is 36.2 Å². The van der Waals surface area contributed by atoms with Crippen LogP contribution in [-0.4, -0.2) is 27.3 Å². The lowest BCUT2D eigenvalue weighted by molar-refractivity contribution is 0.102. The molecule has 116 valence electrons. The summed E-state index contributed by atoms with van der Waals surface area (Å²) in [6, 6.07) is 5.54. The largest absolute Gasteiger partial charge is 0.477 e. The number of hydrogen-bond donors (Lipinski definition) is 1. The summed E-state index contributed by atoms with van der Waals surface area (Å²) in [5.74, 6) is 1.48. The molecule has 2 aromatic rings. The Hall–Kier alpha value is -2.37. The average Bonchev–Trinajstić information content (AvgIpc) is 3.27. The molecule has 0 unspecified atom stereocenters. The lowest BCUT2D eigenvalue weighted by Crippen LogP contribution is -2.19. The van der Waals surface area contributed by atoms with Crippen molar-refractivity contribution in [2.24, 2.45) is 5.92 Å². The number of aromatic nitrogens is 3. The minimum Gasteiger partial charge on any atom is -0.477 e. The smallest absolute Gasteiger partial charge is 0.262 e. The molecule has 1 fully saturated rings. The number of nitrogens with zero attached hydrogens (tertiary/aromatic N) is 3. The highest BCUT2D eigenvalue weighted by molar-refractivity contribution is 6.05. The van der Waals surface area contributed by atoms with Crippen molar-refractivity contribution >= 4 is 11.7 Å².